The Morgan fingerprint density at radius 1 is 1.40 bits per heavy atom. The molecule has 0 aliphatic rings. The molecule has 0 spiro atoms. The first kappa shape index (κ1) is 10.1. The summed E-state index contributed by atoms with van der Waals surface area (Å²) < 4.78 is 13.5. The molecule has 2 rings (SSSR count). The lowest BCUT2D eigenvalue weighted by atomic mass is 10.0. The molecule has 0 saturated heterocycles. The van der Waals surface area contributed by atoms with Crippen LogP contribution < -0.4 is 0 Å². The van der Waals surface area contributed by atoms with Crippen LogP contribution in [0.25, 0.3) is 10.9 Å². The number of aliphatic hydroxyl groups excluding tert-OH is 1. The van der Waals surface area contributed by atoms with E-state index in [4.69, 9.17) is 0 Å². The number of rotatable bonds is 1. The number of aryl methyl sites for hydroxylation is 1. The minimum Gasteiger partial charge on any atom is -0.389 e. The van der Waals surface area contributed by atoms with Gasteiger partial charge in [-0.1, -0.05) is 12.1 Å². The van der Waals surface area contributed by atoms with Gasteiger partial charge >= 0.3 is 0 Å². The van der Waals surface area contributed by atoms with E-state index in [1.807, 2.05) is 0 Å². The second-order valence-electron chi connectivity index (χ2n) is 3.66. The van der Waals surface area contributed by atoms with Crippen molar-refractivity contribution < 1.29 is 9.50 Å². The van der Waals surface area contributed by atoms with Gasteiger partial charge in [0.15, 0.2) is 0 Å². The van der Waals surface area contributed by atoms with Gasteiger partial charge in [-0.25, -0.2) is 4.39 Å². The van der Waals surface area contributed by atoms with Gasteiger partial charge in [-0.15, -0.1) is 0 Å². The maximum atomic E-state index is 13.5. The molecule has 1 aromatic heterocycles. The predicted octanol–water partition coefficient (Wildman–Crippen LogP) is 2.74. The van der Waals surface area contributed by atoms with Gasteiger partial charge < -0.3 is 5.11 Å². The molecule has 1 unspecified atom stereocenters. The van der Waals surface area contributed by atoms with Crippen molar-refractivity contribution in [2.45, 2.75) is 20.0 Å². The van der Waals surface area contributed by atoms with Crippen LogP contribution in [-0.4, -0.2) is 10.1 Å². The fourth-order valence-corrected chi connectivity index (χ4v) is 1.72. The number of nitrogens with zero attached hydrogens (tertiary/aromatic N) is 1. The maximum Gasteiger partial charge on any atom is 0.149 e. The van der Waals surface area contributed by atoms with Gasteiger partial charge in [0.2, 0.25) is 0 Å². The Kier molecular flexibility index (Phi) is 2.40. The third-order valence-corrected chi connectivity index (χ3v) is 2.40. The van der Waals surface area contributed by atoms with Crippen molar-refractivity contribution in [3.05, 3.63) is 41.3 Å². The standard InChI is InChI=1S/C12H12FNO/c1-7-6-10(8(2)15)9-4-3-5-11(13)12(9)14-7/h3-6,8,15H,1-2H3. The molecule has 1 atom stereocenters. The molecule has 3 heteroatoms. The van der Waals surface area contributed by atoms with Gasteiger partial charge in [-0.2, -0.15) is 0 Å². The van der Waals surface area contributed by atoms with E-state index in [0.29, 0.717) is 16.6 Å². The molecule has 1 N–H and O–H groups in total. The Morgan fingerprint density at radius 2 is 2.13 bits per heavy atom. The highest BCUT2D eigenvalue weighted by molar-refractivity contribution is 5.83. The first-order valence-electron chi connectivity index (χ1n) is 4.83. The zero-order valence-electron chi connectivity index (χ0n) is 8.66. The Morgan fingerprint density at radius 3 is 2.80 bits per heavy atom. The number of aromatic nitrogens is 1. The molecule has 0 aliphatic heterocycles. The number of hydrogen-bond donors (Lipinski definition) is 1. The Balaban J connectivity index is 2.86. The Labute approximate surface area is 87.4 Å². The molecule has 15 heavy (non-hydrogen) atoms. The van der Waals surface area contributed by atoms with E-state index in [0.717, 1.165) is 5.56 Å². The van der Waals surface area contributed by atoms with Crippen molar-refractivity contribution in [2.24, 2.45) is 0 Å². The maximum absolute atomic E-state index is 13.5. The quantitative estimate of drug-likeness (QED) is 0.776. The summed E-state index contributed by atoms with van der Waals surface area (Å²) in [5.74, 6) is -0.349. The molecule has 0 saturated carbocycles. The summed E-state index contributed by atoms with van der Waals surface area (Å²) in [5.41, 5.74) is 1.76. The van der Waals surface area contributed by atoms with Crippen molar-refractivity contribution in [1.29, 1.82) is 0 Å². The van der Waals surface area contributed by atoms with Crippen LogP contribution in [-0.2, 0) is 0 Å². The number of halogens is 1. The number of hydrogen-bond acceptors (Lipinski definition) is 2. The number of fused-ring (bicyclic) bond motifs is 1. The van der Waals surface area contributed by atoms with Crippen LogP contribution in [0.15, 0.2) is 24.3 Å². The number of benzene rings is 1. The number of pyridine rings is 1. The molecule has 0 fully saturated rings. The SMILES string of the molecule is Cc1cc(C(C)O)c2cccc(F)c2n1. The molecule has 1 aromatic carbocycles. The van der Waals surface area contributed by atoms with Gasteiger partial charge in [0.25, 0.3) is 0 Å². The summed E-state index contributed by atoms with van der Waals surface area (Å²) >= 11 is 0. The highest BCUT2D eigenvalue weighted by Crippen LogP contribution is 2.25. The van der Waals surface area contributed by atoms with E-state index in [1.165, 1.54) is 6.07 Å². The molecule has 2 nitrogen and oxygen atoms in total. The van der Waals surface area contributed by atoms with Crippen LogP contribution in [0.4, 0.5) is 4.39 Å². The highest BCUT2D eigenvalue weighted by atomic mass is 19.1. The molecule has 1 heterocycles. The van der Waals surface area contributed by atoms with Crippen molar-refractivity contribution in [3.63, 3.8) is 0 Å². The fraction of sp³-hybridized carbons (Fsp3) is 0.250. The lowest BCUT2D eigenvalue weighted by molar-refractivity contribution is 0.200. The van der Waals surface area contributed by atoms with Crippen molar-refractivity contribution in [3.8, 4) is 0 Å². The first-order chi connectivity index (χ1) is 7.09. The van der Waals surface area contributed by atoms with Crippen LogP contribution in [0.3, 0.4) is 0 Å². The first-order valence-corrected chi connectivity index (χ1v) is 4.83. The molecule has 0 bridgehead atoms. The second kappa shape index (κ2) is 3.59. The molecule has 0 radical (unpaired) electrons. The lowest BCUT2D eigenvalue weighted by Gasteiger charge is -2.10. The average molecular weight is 205 g/mol. The molecular weight excluding hydrogens is 193 g/mol. The van der Waals surface area contributed by atoms with Crippen LogP contribution in [0, 0.1) is 12.7 Å². The van der Waals surface area contributed by atoms with Crippen molar-refractivity contribution in [2.75, 3.05) is 0 Å². The van der Waals surface area contributed by atoms with E-state index in [-0.39, 0.29) is 5.82 Å². The topological polar surface area (TPSA) is 33.1 Å². The number of para-hydroxylation sites is 1. The van der Waals surface area contributed by atoms with E-state index < -0.39 is 6.10 Å². The Hall–Kier alpha value is -1.48. The largest absolute Gasteiger partial charge is 0.389 e. The smallest absolute Gasteiger partial charge is 0.149 e. The monoisotopic (exact) mass is 205 g/mol. The summed E-state index contributed by atoms with van der Waals surface area (Å²) in [6.45, 7) is 3.46. The lowest BCUT2D eigenvalue weighted by Crippen LogP contribution is -1.97. The van der Waals surface area contributed by atoms with E-state index >= 15 is 0 Å². The summed E-state index contributed by atoms with van der Waals surface area (Å²) in [4.78, 5) is 4.13. The second-order valence-corrected chi connectivity index (χ2v) is 3.66. The third kappa shape index (κ3) is 1.70. The van der Waals surface area contributed by atoms with Crippen LogP contribution >= 0.6 is 0 Å². The molecule has 78 valence electrons. The summed E-state index contributed by atoms with van der Waals surface area (Å²) in [5, 5.41) is 10.3. The van der Waals surface area contributed by atoms with Gasteiger partial charge in [-0.3, -0.25) is 4.98 Å². The molecular formula is C12H12FNO. The number of aliphatic hydroxyl groups is 1. The third-order valence-electron chi connectivity index (χ3n) is 2.40. The van der Waals surface area contributed by atoms with Crippen LogP contribution in [0.1, 0.15) is 24.3 Å². The fourth-order valence-electron chi connectivity index (χ4n) is 1.72. The summed E-state index contributed by atoms with van der Waals surface area (Å²) in [6, 6.07) is 6.56. The van der Waals surface area contributed by atoms with Gasteiger partial charge in [0, 0.05) is 11.1 Å². The van der Waals surface area contributed by atoms with E-state index in [2.05, 4.69) is 4.98 Å². The summed E-state index contributed by atoms with van der Waals surface area (Å²) in [7, 11) is 0. The van der Waals surface area contributed by atoms with Gasteiger partial charge in [0.05, 0.1) is 6.10 Å². The molecule has 0 aliphatic carbocycles. The van der Waals surface area contributed by atoms with Crippen LogP contribution in [0.2, 0.25) is 0 Å². The van der Waals surface area contributed by atoms with Gasteiger partial charge in [-0.05, 0) is 31.5 Å². The minimum atomic E-state index is -0.615. The summed E-state index contributed by atoms with van der Waals surface area (Å²) in [6.07, 6.45) is -0.615. The minimum absolute atomic E-state index is 0.327. The van der Waals surface area contributed by atoms with Crippen LogP contribution in [0.5, 0.6) is 0 Å². The highest BCUT2D eigenvalue weighted by Gasteiger charge is 2.10. The predicted molar refractivity (Wildman–Crippen MR) is 57.1 cm³/mol. The molecule has 2 aromatic rings. The van der Waals surface area contributed by atoms with E-state index in [1.54, 1.807) is 32.0 Å². The zero-order chi connectivity index (χ0) is 11.0. The van der Waals surface area contributed by atoms with E-state index in [9.17, 15) is 9.50 Å². The average Bonchev–Trinajstić information content (AvgIpc) is 2.18. The zero-order valence-corrected chi connectivity index (χ0v) is 8.66. The Bertz CT molecular complexity index is 508. The van der Waals surface area contributed by atoms with Crippen molar-refractivity contribution in [1.82, 2.24) is 4.98 Å². The van der Waals surface area contributed by atoms with Gasteiger partial charge in [0.1, 0.15) is 11.3 Å². The molecule has 0 amide bonds. The van der Waals surface area contributed by atoms with Crippen molar-refractivity contribution >= 4 is 10.9 Å². The normalized spacial score (nSPS) is 13.1.